The van der Waals surface area contributed by atoms with Crippen molar-refractivity contribution in [3.63, 3.8) is 0 Å². The Morgan fingerprint density at radius 1 is 1.29 bits per heavy atom. The molecule has 1 rings (SSSR count). The first-order valence-electron chi connectivity index (χ1n) is 6.26. The zero-order valence-corrected chi connectivity index (χ0v) is 11.9. The number of carbonyl (C=O) groups is 1. The predicted octanol–water partition coefficient (Wildman–Crippen LogP) is 0.792. The Labute approximate surface area is 106 Å². The largest absolute Gasteiger partial charge is 0.353 e. The Balaban J connectivity index is 2.15. The fourth-order valence-corrected chi connectivity index (χ4v) is 3.09. The van der Waals surface area contributed by atoms with Crippen molar-refractivity contribution in [1.29, 1.82) is 0 Å². The summed E-state index contributed by atoms with van der Waals surface area (Å²) in [6.07, 6.45) is 2.22. The maximum atomic E-state index is 11.7. The lowest BCUT2D eigenvalue weighted by Crippen LogP contribution is -2.42. The van der Waals surface area contributed by atoms with Crippen LogP contribution < -0.4 is 10.6 Å². The van der Waals surface area contributed by atoms with Gasteiger partial charge in [-0.3, -0.25) is 9.00 Å². The molecule has 1 fully saturated rings. The van der Waals surface area contributed by atoms with Gasteiger partial charge in [0.2, 0.25) is 5.91 Å². The molecule has 0 radical (unpaired) electrons. The molecule has 0 aromatic carbocycles. The Morgan fingerprint density at radius 2 is 1.88 bits per heavy atom. The number of hydrogen-bond donors (Lipinski definition) is 2. The summed E-state index contributed by atoms with van der Waals surface area (Å²) >= 11 is 0. The van der Waals surface area contributed by atoms with E-state index in [1.54, 1.807) is 0 Å². The summed E-state index contributed by atoms with van der Waals surface area (Å²) in [4.78, 5) is 11.7. The first-order valence-corrected chi connectivity index (χ1v) is 7.75. The van der Waals surface area contributed by atoms with Crippen LogP contribution in [0.1, 0.15) is 40.0 Å². The zero-order valence-electron chi connectivity index (χ0n) is 11.0. The molecule has 0 aromatic heterocycles. The topological polar surface area (TPSA) is 58.2 Å². The molecule has 0 aromatic rings. The van der Waals surface area contributed by atoms with Crippen LogP contribution in [-0.4, -0.2) is 39.7 Å². The van der Waals surface area contributed by atoms with E-state index in [1.165, 1.54) is 0 Å². The molecule has 1 aliphatic heterocycles. The molecule has 0 aliphatic carbocycles. The quantitative estimate of drug-likeness (QED) is 0.786. The van der Waals surface area contributed by atoms with Crippen LogP contribution >= 0.6 is 0 Å². The Kier molecular flexibility index (Phi) is 5.59. The van der Waals surface area contributed by atoms with Gasteiger partial charge in [-0.2, -0.15) is 0 Å². The summed E-state index contributed by atoms with van der Waals surface area (Å²) in [5.74, 6) is 1.55. The molecule has 1 heterocycles. The Bertz CT molecular complexity index is 277. The van der Waals surface area contributed by atoms with Crippen LogP contribution in [0.3, 0.4) is 0 Å². The number of hydrogen-bond acceptors (Lipinski definition) is 3. The standard InChI is InChI=1S/C12H24N2O2S/c1-12(2,3)13-7-4-11(15)14-10-5-8-17(16)9-6-10/h10,13H,4-9H2,1-3H3,(H,14,15). The molecular weight excluding hydrogens is 236 g/mol. The molecule has 0 bridgehead atoms. The van der Waals surface area contributed by atoms with E-state index in [0.717, 1.165) is 24.3 Å². The van der Waals surface area contributed by atoms with Crippen molar-refractivity contribution in [1.82, 2.24) is 10.6 Å². The van der Waals surface area contributed by atoms with Gasteiger partial charge in [-0.25, -0.2) is 0 Å². The minimum absolute atomic E-state index is 0.0576. The lowest BCUT2D eigenvalue weighted by Gasteiger charge is -2.23. The molecule has 100 valence electrons. The summed E-state index contributed by atoms with van der Waals surface area (Å²) < 4.78 is 11.2. The second-order valence-corrected chi connectivity index (χ2v) is 7.31. The summed E-state index contributed by atoms with van der Waals surface area (Å²) in [6, 6.07) is 0.231. The maximum absolute atomic E-state index is 11.7. The van der Waals surface area contributed by atoms with Gasteiger partial charge in [0.1, 0.15) is 0 Å². The van der Waals surface area contributed by atoms with E-state index in [0.29, 0.717) is 13.0 Å². The zero-order chi connectivity index (χ0) is 12.9. The summed E-state index contributed by atoms with van der Waals surface area (Å²) in [5, 5.41) is 6.30. The number of rotatable bonds is 4. The molecule has 1 amide bonds. The first-order chi connectivity index (χ1) is 7.87. The van der Waals surface area contributed by atoms with E-state index >= 15 is 0 Å². The van der Waals surface area contributed by atoms with Crippen molar-refractivity contribution in [3.05, 3.63) is 0 Å². The van der Waals surface area contributed by atoms with Crippen LogP contribution in [0.15, 0.2) is 0 Å². The molecule has 0 saturated carbocycles. The van der Waals surface area contributed by atoms with Gasteiger partial charge in [-0.1, -0.05) is 0 Å². The number of amides is 1. The van der Waals surface area contributed by atoms with Crippen LogP contribution in [0.25, 0.3) is 0 Å². The third-order valence-corrected chi connectivity index (χ3v) is 4.14. The van der Waals surface area contributed by atoms with Crippen LogP contribution in [0.5, 0.6) is 0 Å². The average Bonchev–Trinajstić information content (AvgIpc) is 2.19. The summed E-state index contributed by atoms with van der Waals surface area (Å²) in [5.41, 5.74) is 0.0576. The van der Waals surface area contributed by atoms with Crippen molar-refractivity contribution in [2.24, 2.45) is 0 Å². The molecule has 1 saturated heterocycles. The second-order valence-electron chi connectivity index (χ2n) is 5.62. The molecule has 2 N–H and O–H groups in total. The third-order valence-electron chi connectivity index (χ3n) is 2.76. The van der Waals surface area contributed by atoms with Gasteiger partial charge in [0.05, 0.1) is 0 Å². The molecular formula is C12H24N2O2S. The van der Waals surface area contributed by atoms with Crippen molar-refractivity contribution in [2.75, 3.05) is 18.1 Å². The smallest absolute Gasteiger partial charge is 0.221 e. The minimum Gasteiger partial charge on any atom is -0.353 e. The average molecular weight is 260 g/mol. The highest BCUT2D eigenvalue weighted by Crippen LogP contribution is 2.09. The van der Waals surface area contributed by atoms with Gasteiger partial charge in [-0.05, 0) is 33.6 Å². The maximum Gasteiger partial charge on any atom is 0.221 e. The monoisotopic (exact) mass is 260 g/mol. The summed E-state index contributed by atoms with van der Waals surface area (Å²) in [7, 11) is -0.657. The highest BCUT2D eigenvalue weighted by atomic mass is 32.2. The van der Waals surface area contributed by atoms with Crippen molar-refractivity contribution < 1.29 is 9.00 Å². The molecule has 4 nitrogen and oxygen atoms in total. The predicted molar refractivity (Wildman–Crippen MR) is 71.4 cm³/mol. The van der Waals surface area contributed by atoms with E-state index in [1.807, 2.05) is 0 Å². The van der Waals surface area contributed by atoms with E-state index in [-0.39, 0.29) is 17.5 Å². The van der Waals surface area contributed by atoms with Crippen molar-refractivity contribution >= 4 is 16.7 Å². The SMILES string of the molecule is CC(C)(C)NCCC(=O)NC1CCS(=O)CC1. The first kappa shape index (κ1) is 14.6. The van der Waals surface area contributed by atoms with Crippen molar-refractivity contribution in [3.8, 4) is 0 Å². The van der Waals surface area contributed by atoms with Crippen LogP contribution in [0, 0.1) is 0 Å². The number of nitrogens with one attached hydrogen (secondary N) is 2. The fourth-order valence-electron chi connectivity index (χ4n) is 1.79. The van der Waals surface area contributed by atoms with Gasteiger partial charge in [0.25, 0.3) is 0 Å². The number of carbonyl (C=O) groups excluding carboxylic acids is 1. The van der Waals surface area contributed by atoms with Gasteiger partial charge in [0.15, 0.2) is 0 Å². The lowest BCUT2D eigenvalue weighted by molar-refractivity contribution is -0.121. The van der Waals surface area contributed by atoms with E-state index in [4.69, 9.17) is 0 Å². The van der Waals surface area contributed by atoms with Crippen LogP contribution in [-0.2, 0) is 15.6 Å². The van der Waals surface area contributed by atoms with Crippen LogP contribution in [0.2, 0.25) is 0 Å². The highest BCUT2D eigenvalue weighted by molar-refractivity contribution is 7.85. The van der Waals surface area contributed by atoms with E-state index in [2.05, 4.69) is 31.4 Å². The normalized spacial score (nSPS) is 25.6. The summed E-state index contributed by atoms with van der Waals surface area (Å²) in [6.45, 7) is 6.96. The molecule has 0 unspecified atom stereocenters. The van der Waals surface area contributed by atoms with Gasteiger partial charge < -0.3 is 10.6 Å². The highest BCUT2D eigenvalue weighted by Gasteiger charge is 2.19. The van der Waals surface area contributed by atoms with Crippen LogP contribution in [0.4, 0.5) is 0 Å². The van der Waals surface area contributed by atoms with Crippen molar-refractivity contribution in [2.45, 2.75) is 51.6 Å². The molecule has 5 heteroatoms. The lowest BCUT2D eigenvalue weighted by atomic mass is 10.1. The third kappa shape index (κ3) is 6.78. The van der Waals surface area contributed by atoms with Gasteiger partial charge in [0, 0.05) is 46.9 Å². The van der Waals surface area contributed by atoms with E-state index in [9.17, 15) is 9.00 Å². The fraction of sp³-hybridized carbons (Fsp3) is 0.917. The van der Waals surface area contributed by atoms with Gasteiger partial charge >= 0.3 is 0 Å². The minimum atomic E-state index is -0.657. The van der Waals surface area contributed by atoms with E-state index < -0.39 is 10.8 Å². The Morgan fingerprint density at radius 3 is 2.41 bits per heavy atom. The second kappa shape index (κ2) is 6.50. The molecule has 0 atom stereocenters. The molecule has 1 aliphatic rings. The Hall–Kier alpha value is -0.420. The van der Waals surface area contributed by atoms with Gasteiger partial charge in [-0.15, -0.1) is 0 Å². The molecule has 0 spiro atoms. The molecule has 17 heavy (non-hydrogen) atoms.